The quantitative estimate of drug-likeness (QED) is 0.569. The molecule has 0 aliphatic carbocycles. The molecule has 3 rings (SSSR count). The molecule has 2 aliphatic heterocycles. The van der Waals surface area contributed by atoms with Crippen LogP contribution in [-0.4, -0.2) is 81.5 Å². The third-order valence-corrected chi connectivity index (χ3v) is 6.40. The Bertz CT molecular complexity index is 587. The number of hydrogen-bond acceptors (Lipinski definition) is 4. The van der Waals surface area contributed by atoms with Crippen molar-refractivity contribution in [3.05, 3.63) is 23.8 Å². The van der Waals surface area contributed by atoms with E-state index in [0.717, 1.165) is 62.5 Å². The van der Waals surface area contributed by atoms with Crippen LogP contribution in [0.2, 0.25) is 0 Å². The number of likely N-dealkylation sites (N-methyl/N-ethyl adjacent to an activating group) is 1. The molecule has 1 aromatic carbocycles. The number of nitrogens with zero attached hydrogens (tertiary/aromatic N) is 3. The van der Waals surface area contributed by atoms with E-state index in [-0.39, 0.29) is 0 Å². The lowest BCUT2D eigenvalue weighted by atomic mass is 10.1. The van der Waals surface area contributed by atoms with Crippen LogP contribution in [0.15, 0.2) is 18.2 Å². The summed E-state index contributed by atoms with van der Waals surface area (Å²) < 4.78 is 7.17. The standard InChI is InChI=1S/C21H37N4O/c1-4-25(3,5-2)17-20-16-23(13-14-26-20)10-6-11-24-12-9-18-7-8-19(22)15-21(18)24/h7-8,15,20H,4-6,9-14,16-17,22H2,1-3H3/q+1. The maximum absolute atomic E-state index is 6.07. The highest BCUT2D eigenvalue weighted by Gasteiger charge is 2.28. The van der Waals surface area contributed by atoms with E-state index in [0.29, 0.717) is 6.10 Å². The van der Waals surface area contributed by atoms with Crippen molar-refractivity contribution in [1.82, 2.24) is 4.90 Å². The van der Waals surface area contributed by atoms with Gasteiger partial charge in [-0.2, -0.15) is 0 Å². The molecule has 1 unspecified atom stereocenters. The molecular weight excluding hydrogens is 324 g/mol. The molecule has 1 atom stereocenters. The van der Waals surface area contributed by atoms with Crippen LogP contribution in [0, 0.1) is 0 Å². The molecule has 5 heteroatoms. The highest BCUT2D eigenvalue weighted by atomic mass is 16.5. The van der Waals surface area contributed by atoms with Gasteiger partial charge in [0, 0.05) is 44.1 Å². The Balaban J connectivity index is 1.45. The Morgan fingerprint density at radius 2 is 2.00 bits per heavy atom. The molecule has 1 aromatic rings. The summed E-state index contributed by atoms with van der Waals surface area (Å²) in [7, 11) is 2.35. The van der Waals surface area contributed by atoms with E-state index in [1.165, 1.54) is 30.8 Å². The number of benzene rings is 1. The minimum Gasteiger partial charge on any atom is -0.399 e. The second-order valence-electron chi connectivity index (χ2n) is 8.21. The Hall–Kier alpha value is -1.30. The third kappa shape index (κ3) is 4.70. The normalized spacial score (nSPS) is 21.2. The second-order valence-corrected chi connectivity index (χ2v) is 8.21. The van der Waals surface area contributed by atoms with Crippen molar-refractivity contribution in [2.45, 2.75) is 32.8 Å². The van der Waals surface area contributed by atoms with Gasteiger partial charge in [-0.25, -0.2) is 0 Å². The first kappa shape index (κ1) is 19.5. The van der Waals surface area contributed by atoms with Crippen LogP contribution < -0.4 is 10.6 Å². The highest BCUT2D eigenvalue weighted by molar-refractivity contribution is 5.64. The second kappa shape index (κ2) is 8.59. The summed E-state index contributed by atoms with van der Waals surface area (Å²) >= 11 is 0. The monoisotopic (exact) mass is 361 g/mol. The lowest BCUT2D eigenvalue weighted by Crippen LogP contribution is -2.54. The van der Waals surface area contributed by atoms with Crippen LogP contribution in [-0.2, 0) is 11.2 Å². The average Bonchev–Trinajstić information content (AvgIpc) is 3.04. The summed E-state index contributed by atoms with van der Waals surface area (Å²) in [6.45, 7) is 14.5. The van der Waals surface area contributed by atoms with Crippen LogP contribution >= 0.6 is 0 Å². The first-order valence-corrected chi connectivity index (χ1v) is 10.3. The van der Waals surface area contributed by atoms with E-state index in [2.05, 4.69) is 42.8 Å². The zero-order chi connectivity index (χ0) is 18.6. The van der Waals surface area contributed by atoms with Crippen LogP contribution in [0.4, 0.5) is 11.4 Å². The Labute approximate surface area is 159 Å². The van der Waals surface area contributed by atoms with Crippen LogP contribution in [0.25, 0.3) is 0 Å². The van der Waals surface area contributed by atoms with Gasteiger partial charge in [-0.15, -0.1) is 0 Å². The molecule has 2 N–H and O–H groups in total. The Kier molecular flexibility index (Phi) is 6.43. The van der Waals surface area contributed by atoms with Crippen LogP contribution in [0.3, 0.4) is 0 Å². The smallest absolute Gasteiger partial charge is 0.119 e. The summed E-state index contributed by atoms with van der Waals surface area (Å²) in [5.74, 6) is 0. The molecule has 2 aliphatic rings. The first-order chi connectivity index (χ1) is 12.5. The topological polar surface area (TPSA) is 41.7 Å². The predicted octanol–water partition coefficient (Wildman–Crippen LogP) is 2.21. The fourth-order valence-corrected chi connectivity index (χ4v) is 4.25. The van der Waals surface area contributed by atoms with E-state index in [9.17, 15) is 0 Å². The minimum atomic E-state index is 0.376. The molecule has 1 saturated heterocycles. The van der Waals surface area contributed by atoms with E-state index in [4.69, 9.17) is 10.5 Å². The third-order valence-electron chi connectivity index (χ3n) is 6.40. The number of quaternary nitrogens is 1. The number of ether oxygens (including phenoxy) is 1. The molecule has 0 spiro atoms. The van der Waals surface area contributed by atoms with Gasteiger partial charge in [-0.05, 0) is 44.4 Å². The lowest BCUT2D eigenvalue weighted by molar-refractivity contribution is -0.909. The molecule has 5 nitrogen and oxygen atoms in total. The summed E-state index contributed by atoms with van der Waals surface area (Å²) in [5.41, 5.74) is 9.65. The molecule has 26 heavy (non-hydrogen) atoms. The molecule has 0 radical (unpaired) electrons. The molecular formula is C21H37N4O+. The van der Waals surface area contributed by atoms with E-state index < -0.39 is 0 Å². The van der Waals surface area contributed by atoms with Gasteiger partial charge in [0.2, 0.25) is 0 Å². The van der Waals surface area contributed by atoms with Gasteiger partial charge in [0.05, 0.1) is 26.7 Å². The lowest BCUT2D eigenvalue weighted by Gasteiger charge is -2.39. The summed E-state index contributed by atoms with van der Waals surface area (Å²) in [5, 5.41) is 0. The molecule has 2 heterocycles. The average molecular weight is 362 g/mol. The molecule has 146 valence electrons. The van der Waals surface area contributed by atoms with Crippen LogP contribution in [0.5, 0.6) is 0 Å². The largest absolute Gasteiger partial charge is 0.399 e. The predicted molar refractivity (Wildman–Crippen MR) is 110 cm³/mol. The number of hydrogen-bond donors (Lipinski definition) is 1. The zero-order valence-electron chi connectivity index (χ0n) is 16.9. The maximum Gasteiger partial charge on any atom is 0.119 e. The van der Waals surface area contributed by atoms with E-state index in [1.54, 1.807) is 0 Å². The van der Waals surface area contributed by atoms with Gasteiger partial charge in [0.25, 0.3) is 0 Å². The van der Waals surface area contributed by atoms with Crippen molar-refractivity contribution in [3.8, 4) is 0 Å². The number of anilines is 2. The molecule has 0 saturated carbocycles. The number of fused-ring (bicyclic) bond motifs is 1. The minimum absolute atomic E-state index is 0.376. The van der Waals surface area contributed by atoms with Crippen molar-refractivity contribution in [2.75, 3.05) is 76.6 Å². The summed E-state index contributed by atoms with van der Waals surface area (Å²) in [6.07, 6.45) is 2.73. The summed E-state index contributed by atoms with van der Waals surface area (Å²) in [6, 6.07) is 6.35. The summed E-state index contributed by atoms with van der Waals surface area (Å²) in [4.78, 5) is 5.10. The fourth-order valence-electron chi connectivity index (χ4n) is 4.25. The Morgan fingerprint density at radius 1 is 1.19 bits per heavy atom. The molecule has 0 aromatic heterocycles. The SMILES string of the molecule is CC[N+](C)(CC)CC1CN(CCCN2CCc3ccc(N)cc32)CCO1. The van der Waals surface area contributed by atoms with Crippen molar-refractivity contribution in [1.29, 1.82) is 0 Å². The molecule has 0 bridgehead atoms. The van der Waals surface area contributed by atoms with Crippen LogP contribution in [0.1, 0.15) is 25.8 Å². The van der Waals surface area contributed by atoms with Gasteiger partial charge in [0.15, 0.2) is 0 Å². The first-order valence-electron chi connectivity index (χ1n) is 10.3. The van der Waals surface area contributed by atoms with E-state index in [1.807, 2.05) is 6.07 Å². The maximum atomic E-state index is 6.07. The van der Waals surface area contributed by atoms with Gasteiger partial charge >= 0.3 is 0 Å². The highest BCUT2D eigenvalue weighted by Crippen LogP contribution is 2.29. The van der Waals surface area contributed by atoms with E-state index >= 15 is 0 Å². The van der Waals surface area contributed by atoms with Gasteiger partial charge in [-0.1, -0.05) is 6.07 Å². The number of rotatable bonds is 8. The van der Waals surface area contributed by atoms with Crippen molar-refractivity contribution < 1.29 is 9.22 Å². The van der Waals surface area contributed by atoms with Gasteiger partial charge in [-0.3, -0.25) is 4.90 Å². The van der Waals surface area contributed by atoms with Crippen molar-refractivity contribution >= 4 is 11.4 Å². The van der Waals surface area contributed by atoms with Crippen molar-refractivity contribution in [3.63, 3.8) is 0 Å². The number of nitrogen functional groups attached to an aromatic ring is 1. The zero-order valence-corrected chi connectivity index (χ0v) is 16.9. The van der Waals surface area contributed by atoms with Gasteiger partial charge in [0.1, 0.15) is 12.6 Å². The number of nitrogens with two attached hydrogens (primary N) is 1. The fraction of sp³-hybridized carbons (Fsp3) is 0.714. The molecule has 1 fully saturated rings. The number of morpholine rings is 1. The molecule has 0 amide bonds. The van der Waals surface area contributed by atoms with Gasteiger partial charge < -0.3 is 19.9 Å². The van der Waals surface area contributed by atoms with Crippen molar-refractivity contribution in [2.24, 2.45) is 0 Å². The Morgan fingerprint density at radius 3 is 2.77 bits per heavy atom.